The van der Waals surface area contributed by atoms with Gasteiger partial charge in [-0.1, -0.05) is 25.7 Å². The van der Waals surface area contributed by atoms with E-state index in [0.29, 0.717) is 0 Å². The van der Waals surface area contributed by atoms with Crippen molar-refractivity contribution in [1.82, 2.24) is 9.55 Å². The van der Waals surface area contributed by atoms with Crippen LogP contribution in [-0.2, 0) is 13.5 Å². The Balaban J connectivity index is 2.05. The minimum atomic E-state index is -0.00435. The van der Waals surface area contributed by atoms with Crippen molar-refractivity contribution in [3.05, 3.63) is 18.2 Å². The molecule has 2 N–H and O–H groups in total. The molecule has 1 aromatic rings. The summed E-state index contributed by atoms with van der Waals surface area (Å²) in [5.74, 6) is 1.12. The van der Waals surface area contributed by atoms with Gasteiger partial charge < -0.3 is 10.3 Å². The summed E-state index contributed by atoms with van der Waals surface area (Å²) in [5, 5.41) is 0. The van der Waals surface area contributed by atoms with Gasteiger partial charge in [0, 0.05) is 31.4 Å². The van der Waals surface area contributed by atoms with Crippen molar-refractivity contribution in [2.45, 2.75) is 50.5 Å². The number of imidazole rings is 1. The van der Waals surface area contributed by atoms with Crippen molar-refractivity contribution in [3.8, 4) is 0 Å². The van der Waals surface area contributed by atoms with Gasteiger partial charge in [0.05, 0.1) is 0 Å². The van der Waals surface area contributed by atoms with E-state index in [0.717, 1.165) is 25.1 Å². The maximum Gasteiger partial charge on any atom is 0.110 e. The van der Waals surface area contributed by atoms with Crippen LogP contribution in [0.15, 0.2) is 12.4 Å². The van der Waals surface area contributed by atoms with E-state index in [1.54, 1.807) is 0 Å². The van der Waals surface area contributed by atoms with Crippen molar-refractivity contribution in [2.24, 2.45) is 12.8 Å². The van der Waals surface area contributed by atoms with Crippen LogP contribution in [-0.4, -0.2) is 15.1 Å². The second-order valence-corrected chi connectivity index (χ2v) is 4.91. The Kier molecular flexibility index (Phi) is 3.10. The molecular weight excluding hydrogens is 186 g/mol. The fourth-order valence-electron chi connectivity index (χ4n) is 2.49. The number of nitrogens with two attached hydrogens (primary N) is 1. The third-order valence-electron chi connectivity index (χ3n) is 3.53. The van der Waals surface area contributed by atoms with Gasteiger partial charge in [-0.25, -0.2) is 4.98 Å². The highest BCUT2D eigenvalue weighted by atomic mass is 15.0. The van der Waals surface area contributed by atoms with E-state index in [-0.39, 0.29) is 5.54 Å². The van der Waals surface area contributed by atoms with Gasteiger partial charge in [-0.2, -0.15) is 0 Å². The fraction of sp³-hybridized carbons (Fsp3) is 0.750. The molecule has 1 fully saturated rings. The van der Waals surface area contributed by atoms with E-state index in [9.17, 15) is 0 Å². The first kappa shape index (κ1) is 10.7. The molecule has 0 amide bonds. The Morgan fingerprint density at radius 3 is 2.53 bits per heavy atom. The van der Waals surface area contributed by atoms with Crippen molar-refractivity contribution in [3.63, 3.8) is 0 Å². The molecule has 0 saturated heterocycles. The molecule has 0 aromatic carbocycles. The van der Waals surface area contributed by atoms with E-state index >= 15 is 0 Å². The smallest absolute Gasteiger partial charge is 0.110 e. The van der Waals surface area contributed by atoms with Crippen LogP contribution in [0.25, 0.3) is 0 Å². The molecule has 0 unspecified atom stereocenters. The first-order chi connectivity index (χ1) is 7.20. The van der Waals surface area contributed by atoms with Crippen LogP contribution < -0.4 is 5.73 Å². The number of rotatable bonds is 2. The summed E-state index contributed by atoms with van der Waals surface area (Å²) < 4.78 is 2.08. The molecule has 1 heterocycles. The van der Waals surface area contributed by atoms with Crippen LogP contribution in [0.4, 0.5) is 0 Å². The van der Waals surface area contributed by atoms with Crippen LogP contribution in [0.5, 0.6) is 0 Å². The van der Waals surface area contributed by atoms with Gasteiger partial charge in [-0.05, 0) is 12.8 Å². The average molecular weight is 207 g/mol. The van der Waals surface area contributed by atoms with Gasteiger partial charge in [0.15, 0.2) is 0 Å². The SMILES string of the molecule is Cn1ccnc1CC1(N)CCCCCC1. The summed E-state index contributed by atoms with van der Waals surface area (Å²) in [6, 6.07) is 0. The monoisotopic (exact) mass is 207 g/mol. The van der Waals surface area contributed by atoms with Crippen LogP contribution in [0.2, 0.25) is 0 Å². The predicted octanol–water partition coefficient (Wildman–Crippen LogP) is 2.01. The molecule has 1 saturated carbocycles. The summed E-state index contributed by atoms with van der Waals surface area (Å²) in [6.07, 6.45) is 12.3. The lowest BCUT2D eigenvalue weighted by Gasteiger charge is -2.27. The van der Waals surface area contributed by atoms with Crippen molar-refractivity contribution >= 4 is 0 Å². The van der Waals surface area contributed by atoms with Gasteiger partial charge in [0.2, 0.25) is 0 Å². The number of hydrogen-bond donors (Lipinski definition) is 1. The Labute approximate surface area is 91.7 Å². The highest BCUT2D eigenvalue weighted by Crippen LogP contribution is 2.27. The molecule has 1 aromatic heterocycles. The Hall–Kier alpha value is -0.830. The largest absolute Gasteiger partial charge is 0.338 e. The predicted molar refractivity (Wildman–Crippen MR) is 61.5 cm³/mol. The minimum absolute atomic E-state index is 0.00435. The molecule has 0 spiro atoms. The van der Waals surface area contributed by atoms with Crippen molar-refractivity contribution < 1.29 is 0 Å². The Morgan fingerprint density at radius 1 is 1.33 bits per heavy atom. The zero-order valence-electron chi connectivity index (χ0n) is 9.58. The lowest BCUT2D eigenvalue weighted by atomic mass is 9.87. The maximum atomic E-state index is 6.47. The molecule has 84 valence electrons. The summed E-state index contributed by atoms with van der Waals surface area (Å²) in [7, 11) is 2.04. The van der Waals surface area contributed by atoms with E-state index in [4.69, 9.17) is 5.73 Å². The average Bonchev–Trinajstić information content (AvgIpc) is 2.48. The molecule has 0 aliphatic heterocycles. The first-order valence-corrected chi connectivity index (χ1v) is 5.95. The molecule has 1 aliphatic rings. The fourth-order valence-corrected chi connectivity index (χ4v) is 2.49. The number of aromatic nitrogens is 2. The summed E-state index contributed by atoms with van der Waals surface area (Å²) in [4.78, 5) is 4.37. The number of aryl methyl sites for hydroxylation is 1. The van der Waals surface area contributed by atoms with Gasteiger partial charge in [-0.15, -0.1) is 0 Å². The third-order valence-corrected chi connectivity index (χ3v) is 3.53. The van der Waals surface area contributed by atoms with Crippen LogP contribution in [0.1, 0.15) is 44.3 Å². The van der Waals surface area contributed by atoms with Crippen molar-refractivity contribution in [1.29, 1.82) is 0 Å². The van der Waals surface area contributed by atoms with E-state index in [1.807, 2.05) is 19.4 Å². The molecule has 3 heteroatoms. The molecule has 0 atom stereocenters. The lowest BCUT2D eigenvalue weighted by Crippen LogP contribution is -2.42. The van der Waals surface area contributed by atoms with Gasteiger partial charge in [0.1, 0.15) is 5.82 Å². The highest BCUT2D eigenvalue weighted by Gasteiger charge is 2.27. The Bertz CT molecular complexity index is 308. The first-order valence-electron chi connectivity index (χ1n) is 5.95. The summed E-state index contributed by atoms with van der Waals surface area (Å²) >= 11 is 0. The second kappa shape index (κ2) is 4.35. The van der Waals surface area contributed by atoms with Gasteiger partial charge >= 0.3 is 0 Å². The number of nitrogens with zero attached hydrogens (tertiary/aromatic N) is 2. The quantitative estimate of drug-likeness (QED) is 0.754. The standard InChI is InChI=1S/C12H21N3/c1-15-9-8-14-11(15)10-12(13)6-4-2-3-5-7-12/h8-9H,2-7,10,13H2,1H3. The highest BCUT2D eigenvalue weighted by molar-refractivity contribution is 5.00. The van der Waals surface area contributed by atoms with Gasteiger partial charge in [-0.3, -0.25) is 0 Å². The van der Waals surface area contributed by atoms with Gasteiger partial charge in [0.25, 0.3) is 0 Å². The van der Waals surface area contributed by atoms with Crippen LogP contribution in [0, 0.1) is 0 Å². The molecule has 15 heavy (non-hydrogen) atoms. The summed E-state index contributed by atoms with van der Waals surface area (Å²) in [6.45, 7) is 0. The molecule has 0 bridgehead atoms. The third kappa shape index (κ3) is 2.59. The summed E-state index contributed by atoms with van der Waals surface area (Å²) in [5.41, 5.74) is 6.46. The number of hydrogen-bond acceptors (Lipinski definition) is 2. The zero-order valence-corrected chi connectivity index (χ0v) is 9.58. The Morgan fingerprint density at radius 2 is 2.00 bits per heavy atom. The topological polar surface area (TPSA) is 43.8 Å². The van der Waals surface area contributed by atoms with E-state index < -0.39 is 0 Å². The lowest BCUT2D eigenvalue weighted by molar-refractivity contribution is 0.359. The zero-order chi connectivity index (χ0) is 10.7. The second-order valence-electron chi connectivity index (χ2n) is 4.91. The molecule has 1 aliphatic carbocycles. The molecule has 2 rings (SSSR count). The minimum Gasteiger partial charge on any atom is -0.338 e. The maximum absolute atomic E-state index is 6.47. The van der Waals surface area contributed by atoms with E-state index in [2.05, 4.69) is 9.55 Å². The molecular formula is C12H21N3. The van der Waals surface area contributed by atoms with Crippen molar-refractivity contribution in [2.75, 3.05) is 0 Å². The molecule has 3 nitrogen and oxygen atoms in total. The van der Waals surface area contributed by atoms with Crippen LogP contribution >= 0.6 is 0 Å². The molecule has 0 radical (unpaired) electrons. The normalized spacial score (nSPS) is 21.2. The van der Waals surface area contributed by atoms with E-state index in [1.165, 1.54) is 25.7 Å². The van der Waals surface area contributed by atoms with Crippen LogP contribution in [0.3, 0.4) is 0 Å².